The molecule has 2 aliphatic rings. The van der Waals surface area contributed by atoms with Crippen molar-refractivity contribution in [2.45, 2.75) is 50.2 Å². The lowest BCUT2D eigenvalue weighted by molar-refractivity contribution is -0.176. The lowest BCUT2D eigenvalue weighted by Crippen LogP contribution is -2.55. The molecule has 0 aromatic heterocycles. The molecule has 0 aliphatic carbocycles. The Labute approximate surface area is 143 Å². The Morgan fingerprint density at radius 2 is 2.08 bits per heavy atom. The van der Waals surface area contributed by atoms with Crippen molar-refractivity contribution in [2.75, 3.05) is 26.8 Å². The molecule has 1 aromatic carbocycles. The Bertz CT molecular complexity index is 595. The summed E-state index contributed by atoms with van der Waals surface area (Å²) < 4.78 is 11.3. The van der Waals surface area contributed by atoms with Crippen LogP contribution < -0.4 is 4.74 Å². The summed E-state index contributed by atoms with van der Waals surface area (Å²) in [5, 5.41) is 10.6. The number of amides is 1. The van der Waals surface area contributed by atoms with Gasteiger partial charge in [-0.1, -0.05) is 13.0 Å². The number of hydrogen-bond donors (Lipinski definition) is 1. The molecule has 5 nitrogen and oxygen atoms in total. The number of ether oxygens (including phenoxy) is 2. The van der Waals surface area contributed by atoms with Gasteiger partial charge in [-0.25, -0.2) is 0 Å². The van der Waals surface area contributed by atoms with E-state index < -0.39 is 5.60 Å². The number of aliphatic hydroxyl groups is 1. The molecular weight excluding hydrogens is 306 g/mol. The Morgan fingerprint density at radius 1 is 1.33 bits per heavy atom. The third kappa shape index (κ3) is 3.42. The second-order valence-electron chi connectivity index (χ2n) is 7.06. The van der Waals surface area contributed by atoms with Gasteiger partial charge in [0.2, 0.25) is 0 Å². The topological polar surface area (TPSA) is 59.0 Å². The molecule has 1 unspecified atom stereocenters. The van der Waals surface area contributed by atoms with Crippen molar-refractivity contribution in [3.05, 3.63) is 29.8 Å². The number of piperidine rings is 1. The van der Waals surface area contributed by atoms with Gasteiger partial charge in [0.05, 0.1) is 24.9 Å². The lowest BCUT2D eigenvalue weighted by atomic mass is 9.76. The summed E-state index contributed by atoms with van der Waals surface area (Å²) in [7, 11) is 1.60. The zero-order valence-corrected chi connectivity index (χ0v) is 14.6. The van der Waals surface area contributed by atoms with Crippen LogP contribution in [0.2, 0.25) is 0 Å². The molecule has 0 bridgehead atoms. The minimum atomic E-state index is -0.614. The smallest absolute Gasteiger partial charge is 0.253 e. The molecule has 132 valence electrons. The maximum atomic E-state index is 12.7. The minimum Gasteiger partial charge on any atom is -0.497 e. The Hall–Kier alpha value is -1.59. The van der Waals surface area contributed by atoms with Crippen LogP contribution in [0.25, 0.3) is 0 Å². The molecule has 2 fully saturated rings. The van der Waals surface area contributed by atoms with Crippen LogP contribution in [0.5, 0.6) is 5.75 Å². The number of hydrogen-bond acceptors (Lipinski definition) is 4. The summed E-state index contributed by atoms with van der Waals surface area (Å²) in [6.07, 6.45) is 3.70. The summed E-state index contributed by atoms with van der Waals surface area (Å²) in [4.78, 5) is 14.6. The number of likely N-dealkylation sites (tertiary alicyclic amines) is 1. The maximum Gasteiger partial charge on any atom is 0.253 e. The van der Waals surface area contributed by atoms with E-state index in [1.807, 2.05) is 30.0 Å². The first kappa shape index (κ1) is 17.2. The molecule has 3 rings (SSSR count). The predicted octanol–water partition coefficient (Wildman–Crippen LogP) is 2.62. The number of benzene rings is 1. The van der Waals surface area contributed by atoms with Gasteiger partial charge < -0.3 is 19.5 Å². The molecule has 1 aromatic rings. The van der Waals surface area contributed by atoms with Gasteiger partial charge in [0.1, 0.15) is 5.75 Å². The van der Waals surface area contributed by atoms with Crippen molar-refractivity contribution in [3.8, 4) is 5.75 Å². The van der Waals surface area contributed by atoms with Crippen molar-refractivity contribution in [3.63, 3.8) is 0 Å². The quantitative estimate of drug-likeness (QED) is 0.924. The number of rotatable bonds is 3. The molecule has 1 spiro atoms. The molecule has 2 heterocycles. The van der Waals surface area contributed by atoms with E-state index in [2.05, 4.69) is 0 Å². The van der Waals surface area contributed by atoms with Gasteiger partial charge >= 0.3 is 0 Å². The highest BCUT2D eigenvalue weighted by molar-refractivity contribution is 5.94. The molecule has 24 heavy (non-hydrogen) atoms. The molecule has 5 heteroatoms. The molecule has 2 aliphatic heterocycles. The summed E-state index contributed by atoms with van der Waals surface area (Å²) in [5.74, 6) is 0.725. The van der Waals surface area contributed by atoms with E-state index in [-0.39, 0.29) is 11.5 Å². The summed E-state index contributed by atoms with van der Waals surface area (Å²) in [5.41, 5.74) is -0.231. The highest BCUT2D eigenvalue weighted by atomic mass is 16.5. The van der Waals surface area contributed by atoms with Crippen LogP contribution in [-0.2, 0) is 4.74 Å². The van der Waals surface area contributed by atoms with Gasteiger partial charge in [0.15, 0.2) is 0 Å². The molecular formula is C19H27NO4. The van der Waals surface area contributed by atoms with Gasteiger partial charge in [-0.2, -0.15) is 0 Å². The monoisotopic (exact) mass is 333 g/mol. The first-order chi connectivity index (χ1) is 11.5. The molecule has 1 amide bonds. The van der Waals surface area contributed by atoms with Gasteiger partial charge in [0.25, 0.3) is 5.91 Å². The van der Waals surface area contributed by atoms with Crippen LogP contribution in [0.1, 0.15) is 49.4 Å². The first-order valence-corrected chi connectivity index (χ1v) is 8.79. The standard InChI is InChI=1S/C19H27NO4/c1-3-18(22)9-12-24-19(14-18)7-10-20(11-8-19)17(21)15-5-4-6-16(13-15)23-2/h4-6,13,22H,3,7-12,14H2,1-2H3. The Balaban J connectivity index is 1.65. The zero-order chi connectivity index (χ0) is 17.2. The van der Waals surface area contributed by atoms with Crippen molar-refractivity contribution in [1.29, 1.82) is 0 Å². The highest BCUT2D eigenvalue weighted by Gasteiger charge is 2.46. The second-order valence-corrected chi connectivity index (χ2v) is 7.06. The normalized spacial score (nSPS) is 26.4. The number of carbonyl (C=O) groups is 1. The van der Waals surface area contributed by atoms with Gasteiger partial charge in [-0.15, -0.1) is 0 Å². The fraction of sp³-hybridized carbons (Fsp3) is 0.632. The van der Waals surface area contributed by atoms with Crippen LogP contribution in [0.4, 0.5) is 0 Å². The fourth-order valence-corrected chi connectivity index (χ4v) is 3.88. The van der Waals surface area contributed by atoms with Gasteiger partial charge in [-0.05, 0) is 43.9 Å². The largest absolute Gasteiger partial charge is 0.497 e. The van der Waals surface area contributed by atoms with E-state index in [0.29, 0.717) is 43.9 Å². The van der Waals surface area contributed by atoms with Crippen molar-refractivity contribution in [2.24, 2.45) is 0 Å². The highest BCUT2D eigenvalue weighted by Crippen LogP contribution is 2.41. The predicted molar refractivity (Wildman–Crippen MR) is 91.3 cm³/mol. The first-order valence-electron chi connectivity index (χ1n) is 8.79. The lowest BCUT2D eigenvalue weighted by Gasteiger charge is -2.49. The van der Waals surface area contributed by atoms with E-state index in [1.165, 1.54) is 0 Å². The summed E-state index contributed by atoms with van der Waals surface area (Å²) in [6.45, 7) is 3.96. The third-order valence-corrected chi connectivity index (χ3v) is 5.56. The van der Waals surface area contributed by atoms with Crippen molar-refractivity contribution >= 4 is 5.91 Å². The molecule has 1 atom stereocenters. The molecule has 2 saturated heterocycles. The molecule has 1 N–H and O–H groups in total. The number of carbonyl (C=O) groups excluding carboxylic acids is 1. The molecule has 0 radical (unpaired) electrons. The summed E-state index contributed by atoms with van der Waals surface area (Å²) in [6, 6.07) is 7.27. The Morgan fingerprint density at radius 3 is 2.75 bits per heavy atom. The van der Waals surface area contributed by atoms with Gasteiger partial charge in [0, 0.05) is 25.1 Å². The van der Waals surface area contributed by atoms with E-state index >= 15 is 0 Å². The van der Waals surface area contributed by atoms with E-state index in [1.54, 1.807) is 13.2 Å². The van der Waals surface area contributed by atoms with Crippen molar-refractivity contribution in [1.82, 2.24) is 4.90 Å². The number of nitrogens with zero attached hydrogens (tertiary/aromatic N) is 1. The van der Waals surface area contributed by atoms with Gasteiger partial charge in [-0.3, -0.25) is 4.79 Å². The summed E-state index contributed by atoms with van der Waals surface area (Å²) >= 11 is 0. The van der Waals surface area contributed by atoms with Crippen LogP contribution >= 0.6 is 0 Å². The fourth-order valence-electron chi connectivity index (χ4n) is 3.88. The second kappa shape index (κ2) is 6.73. The zero-order valence-electron chi connectivity index (χ0n) is 14.6. The SMILES string of the molecule is CCC1(O)CCOC2(CCN(C(=O)c3cccc(OC)c3)CC2)C1. The van der Waals surface area contributed by atoms with Crippen LogP contribution in [0.15, 0.2) is 24.3 Å². The third-order valence-electron chi connectivity index (χ3n) is 5.56. The van der Waals surface area contributed by atoms with Crippen LogP contribution in [0.3, 0.4) is 0 Å². The Kier molecular flexibility index (Phi) is 4.83. The maximum absolute atomic E-state index is 12.7. The average Bonchev–Trinajstić information content (AvgIpc) is 2.62. The van der Waals surface area contributed by atoms with Crippen LogP contribution in [0, 0.1) is 0 Å². The van der Waals surface area contributed by atoms with E-state index in [9.17, 15) is 9.90 Å². The van der Waals surface area contributed by atoms with Crippen LogP contribution in [-0.4, -0.2) is 53.9 Å². The number of methoxy groups -OCH3 is 1. The average molecular weight is 333 g/mol. The van der Waals surface area contributed by atoms with Crippen molar-refractivity contribution < 1.29 is 19.4 Å². The van der Waals surface area contributed by atoms with E-state index in [4.69, 9.17) is 9.47 Å². The minimum absolute atomic E-state index is 0.0327. The molecule has 0 saturated carbocycles. The van der Waals surface area contributed by atoms with E-state index in [0.717, 1.165) is 19.3 Å².